The van der Waals surface area contributed by atoms with Gasteiger partial charge in [0.2, 0.25) is 0 Å². The molecule has 1 unspecified atom stereocenters. The summed E-state index contributed by atoms with van der Waals surface area (Å²) in [4.78, 5) is 0.829. The Labute approximate surface area is 108 Å². The summed E-state index contributed by atoms with van der Waals surface area (Å²) in [6, 6.07) is 0. The summed E-state index contributed by atoms with van der Waals surface area (Å²) in [5.74, 6) is 0. The number of hydrogen-bond donors (Lipinski definition) is 4. The lowest BCUT2D eigenvalue weighted by atomic mass is 10.1. The minimum Gasteiger partial charge on any atom is -0.393 e. The van der Waals surface area contributed by atoms with E-state index in [1.807, 2.05) is 0 Å². The van der Waals surface area contributed by atoms with E-state index in [1.165, 1.54) is 12.8 Å². The normalized spacial score (nSPS) is 27.2. The zero-order valence-electron chi connectivity index (χ0n) is 10.1. The predicted octanol–water partition coefficient (Wildman–Crippen LogP) is -0.426. The molecule has 0 saturated carbocycles. The van der Waals surface area contributed by atoms with E-state index < -0.39 is 0 Å². The number of aliphatic hydroxyl groups is 1. The fraction of sp³-hybridized carbons (Fsp3) is 0.909. The molecule has 2 heterocycles. The molecule has 5 nitrogen and oxygen atoms in total. The number of nitrogens with one attached hydrogen (secondary N) is 3. The van der Waals surface area contributed by atoms with Gasteiger partial charge in [-0.15, -0.1) is 0 Å². The average Bonchev–Trinajstić information content (AvgIpc) is 2.83. The molecule has 0 aromatic heterocycles. The zero-order valence-corrected chi connectivity index (χ0v) is 10.9. The smallest absolute Gasteiger partial charge is 0.104 e. The molecule has 0 radical (unpaired) electrons. The highest BCUT2D eigenvalue weighted by atomic mass is 32.1. The predicted molar refractivity (Wildman–Crippen MR) is 71.6 cm³/mol. The molecule has 0 aromatic rings. The lowest BCUT2D eigenvalue weighted by molar-refractivity contribution is 0.0702. The Balaban J connectivity index is 1.60. The molecule has 1 atom stereocenters. The minimum atomic E-state index is -0.137. The highest BCUT2D eigenvalue weighted by Crippen LogP contribution is 2.07. The Kier molecular flexibility index (Phi) is 5.12. The summed E-state index contributed by atoms with van der Waals surface area (Å²) in [5, 5.41) is 18.3. The molecule has 2 aliphatic rings. The van der Waals surface area contributed by atoms with E-state index in [0.29, 0.717) is 12.7 Å². The number of piperidine rings is 1. The number of nitrogens with zero attached hydrogens (tertiary/aromatic N) is 1. The van der Waals surface area contributed by atoms with Crippen molar-refractivity contribution >= 4 is 17.2 Å². The molecule has 98 valence electrons. The quantitative estimate of drug-likeness (QED) is 0.514. The Morgan fingerprint density at radius 2 is 2.12 bits per heavy atom. The number of rotatable bonds is 4. The summed E-state index contributed by atoms with van der Waals surface area (Å²) >= 11 is 5.29. The maximum Gasteiger partial charge on any atom is 0.104 e. The van der Waals surface area contributed by atoms with Crippen molar-refractivity contribution in [1.29, 1.82) is 0 Å². The zero-order chi connectivity index (χ0) is 12.1. The molecule has 0 aromatic carbocycles. The lowest BCUT2D eigenvalue weighted by Gasteiger charge is -2.30. The van der Waals surface area contributed by atoms with Crippen LogP contribution in [0.25, 0.3) is 0 Å². The van der Waals surface area contributed by atoms with E-state index in [1.54, 1.807) is 0 Å². The van der Waals surface area contributed by atoms with Gasteiger partial charge in [0, 0.05) is 19.6 Å². The molecule has 17 heavy (non-hydrogen) atoms. The van der Waals surface area contributed by atoms with E-state index in [0.717, 1.165) is 37.5 Å². The molecule has 4 N–H and O–H groups in total. The van der Waals surface area contributed by atoms with E-state index in [4.69, 9.17) is 12.2 Å². The molecule has 2 aliphatic heterocycles. The molecule has 2 rings (SSSR count). The van der Waals surface area contributed by atoms with Gasteiger partial charge in [0.25, 0.3) is 0 Å². The van der Waals surface area contributed by atoms with Crippen molar-refractivity contribution in [3.8, 4) is 0 Å². The van der Waals surface area contributed by atoms with Crippen LogP contribution in [0.4, 0.5) is 0 Å². The van der Waals surface area contributed by atoms with Crippen molar-refractivity contribution in [3.63, 3.8) is 0 Å². The highest BCUT2D eigenvalue weighted by Gasteiger charge is 2.18. The van der Waals surface area contributed by atoms with Crippen LogP contribution in [-0.2, 0) is 0 Å². The van der Waals surface area contributed by atoms with E-state index in [-0.39, 0.29) is 6.10 Å². The third-order valence-corrected chi connectivity index (χ3v) is 3.55. The Hall–Kier alpha value is -0.270. The average molecular weight is 258 g/mol. The van der Waals surface area contributed by atoms with Gasteiger partial charge < -0.3 is 15.8 Å². The first kappa shape index (κ1) is 13.2. The third-order valence-electron chi connectivity index (χ3n) is 3.32. The van der Waals surface area contributed by atoms with Gasteiger partial charge in [0.15, 0.2) is 0 Å². The Morgan fingerprint density at radius 3 is 2.76 bits per heavy atom. The van der Waals surface area contributed by atoms with Crippen LogP contribution in [-0.4, -0.2) is 53.6 Å². The molecular weight excluding hydrogens is 236 g/mol. The standard InChI is InChI=1S/C11H22N4OS/c16-9-3-6-15(7-4-9)14-11(17)8-13-10-2-1-5-12-10/h9-10,12-13,16H,1-8H2,(H,14,17). The highest BCUT2D eigenvalue weighted by molar-refractivity contribution is 7.80. The van der Waals surface area contributed by atoms with Crippen molar-refractivity contribution in [2.75, 3.05) is 26.2 Å². The maximum absolute atomic E-state index is 9.40. The van der Waals surface area contributed by atoms with Crippen molar-refractivity contribution < 1.29 is 5.11 Å². The van der Waals surface area contributed by atoms with Crippen molar-refractivity contribution in [2.24, 2.45) is 0 Å². The second-order valence-corrected chi connectivity index (χ2v) is 5.28. The molecular formula is C11H22N4OS. The molecule has 6 heteroatoms. The van der Waals surface area contributed by atoms with Crippen LogP contribution in [0.1, 0.15) is 25.7 Å². The van der Waals surface area contributed by atoms with Crippen LogP contribution in [0, 0.1) is 0 Å². The summed E-state index contributed by atoms with van der Waals surface area (Å²) in [6.45, 7) is 3.54. The third kappa shape index (κ3) is 4.48. The SMILES string of the molecule is OC1CCN(NC(=S)CNC2CCCN2)CC1. The molecule has 2 saturated heterocycles. The van der Waals surface area contributed by atoms with Gasteiger partial charge in [-0.2, -0.15) is 0 Å². The van der Waals surface area contributed by atoms with Crippen LogP contribution < -0.4 is 16.1 Å². The Morgan fingerprint density at radius 1 is 1.35 bits per heavy atom. The molecule has 2 fully saturated rings. The molecule has 0 amide bonds. The van der Waals surface area contributed by atoms with Crippen molar-refractivity contribution in [3.05, 3.63) is 0 Å². The molecule has 0 spiro atoms. The van der Waals surface area contributed by atoms with Crippen LogP contribution in [0.15, 0.2) is 0 Å². The summed E-state index contributed by atoms with van der Waals surface area (Å²) in [6.07, 6.45) is 4.35. The van der Waals surface area contributed by atoms with Crippen molar-refractivity contribution in [2.45, 2.75) is 38.0 Å². The molecule has 0 aliphatic carbocycles. The first-order chi connectivity index (χ1) is 8.24. The summed E-state index contributed by atoms with van der Waals surface area (Å²) in [7, 11) is 0. The van der Waals surface area contributed by atoms with Gasteiger partial charge in [-0.1, -0.05) is 12.2 Å². The van der Waals surface area contributed by atoms with Gasteiger partial charge in [0.1, 0.15) is 4.99 Å². The topological polar surface area (TPSA) is 59.6 Å². The van der Waals surface area contributed by atoms with Gasteiger partial charge in [-0.25, -0.2) is 5.01 Å². The van der Waals surface area contributed by atoms with Gasteiger partial charge in [0.05, 0.1) is 12.3 Å². The van der Waals surface area contributed by atoms with E-state index in [9.17, 15) is 5.11 Å². The first-order valence-electron chi connectivity index (χ1n) is 6.43. The van der Waals surface area contributed by atoms with Crippen molar-refractivity contribution in [1.82, 2.24) is 21.1 Å². The van der Waals surface area contributed by atoms with Gasteiger partial charge in [-0.3, -0.25) is 5.32 Å². The van der Waals surface area contributed by atoms with E-state index >= 15 is 0 Å². The minimum absolute atomic E-state index is 0.137. The van der Waals surface area contributed by atoms with Gasteiger partial charge in [-0.05, 0) is 32.2 Å². The fourth-order valence-electron chi connectivity index (χ4n) is 2.27. The lowest BCUT2D eigenvalue weighted by Crippen LogP contribution is -2.51. The monoisotopic (exact) mass is 258 g/mol. The van der Waals surface area contributed by atoms with Crippen LogP contribution in [0.5, 0.6) is 0 Å². The summed E-state index contributed by atoms with van der Waals surface area (Å²) in [5.41, 5.74) is 3.23. The fourth-order valence-corrected chi connectivity index (χ4v) is 2.48. The van der Waals surface area contributed by atoms with Crippen LogP contribution >= 0.6 is 12.2 Å². The second-order valence-electron chi connectivity index (χ2n) is 4.78. The van der Waals surface area contributed by atoms with Crippen LogP contribution in [0.3, 0.4) is 0 Å². The number of hydrogen-bond acceptors (Lipinski definition) is 5. The Bertz CT molecular complexity index is 250. The number of aliphatic hydroxyl groups excluding tert-OH is 1. The number of hydrazine groups is 1. The maximum atomic E-state index is 9.40. The summed E-state index contributed by atoms with van der Waals surface area (Å²) < 4.78 is 0. The van der Waals surface area contributed by atoms with Gasteiger partial charge >= 0.3 is 0 Å². The van der Waals surface area contributed by atoms with E-state index in [2.05, 4.69) is 21.1 Å². The molecule has 0 bridgehead atoms. The van der Waals surface area contributed by atoms with Crippen LogP contribution in [0.2, 0.25) is 0 Å². The largest absolute Gasteiger partial charge is 0.393 e. The second kappa shape index (κ2) is 6.61. The number of thiocarbonyl (C=S) groups is 1. The first-order valence-corrected chi connectivity index (χ1v) is 6.84.